The summed E-state index contributed by atoms with van der Waals surface area (Å²) in [6, 6.07) is 6.39. The molecule has 3 nitrogen and oxygen atoms in total. The zero-order valence-electron chi connectivity index (χ0n) is 10.6. The van der Waals surface area contributed by atoms with Gasteiger partial charge >= 0.3 is 0 Å². The molecule has 2 rings (SSSR count). The van der Waals surface area contributed by atoms with Crippen LogP contribution in [0.5, 0.6) is 0 Å². The highest BCUT2D eigenvalue weighted by Gasteiger charge is 2.20. The minimum absolute atomic E-state index is 0.162. The molecule has 1 aromatic carbocycles. The van der Waals surface area contributed by atoms with Crippen LogP contribution in [0, 0.1) is 5.82 Å². The summed E-state index contributed by atoms with van der Waals surface area (Å²) in [4.78, 5) is 14.1. The molecule has 18 heavy (non-hydrogen) atoms. The quantitative estimate of drug-likeness (QED) is 0.815. The number of ketones is 1. The minimum Gasteiger partial charge on any atom is -0.379 e. The lowest BCUT2D eigenvalue weighted by Crippen LogP contribution is -2.46. The van der Waals surface area contributed by atoms with Crippen molar-refractivity contribution in [3.63, 3.8) is 0 Å². The molecule has 0 N–H and O–H groups in total. The molecule has 1 aromatic rings. The van der Waals surface area contributed by atoms with Gasteiger partial charge in [0.15, 0.2) is 5.78 Å². The van der Waals surface area contributed by atoms with Crippen LogP contribution in [0.4, 0.5) is 4.39 Å². The van der Waals surface area contributed by atoms with Crippen LogP contribution >= 0.6 is 0 Å². The Bertz CT molecular complexity index is 405. The van der Waals surface area contributed by atoms with Gasteiger partial charge in [-0.3, -0.25) is 9.69 Å². The fraction of sp³-hybridized carbons (Fsp3) is 0.500. The first-order valence-corrected chi connectivity index (χ1v) is 6.23. The van der Waals surface area contributed by atoms with Crippen LogP contribution in [0.15, 0.2) is 24.3 Å². The maximum atomic E-state index is 12.7. The number of carbonyl (C=O) groups is 1. The van der Waals surface area contributed by atoms with E-state index in [1.807, 2.05) is 0 Å². The molecule has 1 aliphatic heterocycles. The monoisotopic (exact) mass is 251 g/mol. The van der Waals surface area contributed by atoms with Crippen molar-refractivity contribution in [1.29, 1.82) is 0 Å². The SMILES string of the molecule is CC1COCCN1CC(=O)Cc1ccc(F)cc1. The number of hydrogen-bond donors (Lipinski definition) is 0. The molecule has 1 atom stereocenters. The van der Waals surface area contributed by atoms with E-state index in [1.54, 1.807) is 12.1 Å². The second-order valence-corrected chi connectivity index (χ2v) is 4.74. The van der Waals surface area contributed by atoms with E-state index >= 15 is 0 Å². The average Bonchev–Trinajstić information content (AvgIpc) is 2.35. The van der Waals surface area contributed by atoms with Crippen LogP contribution in [-0.2, 0) is 16.0 Å². The summed E-state index contributed by atoms with van der Waals surface area (Å²) in [6.45, 7) is 4.68. The van der Waals surface area contributed by atoms with Gasteiger partial charge in [-0.05, 0) is 24.6 Å². The first-order valence-electron chi connectivity index (χ1n) is 6.23. The second kappa shape index (κ2) is 6.07. The van der Waals surface area contributed by atoms with E-state index < -0.39 is 0 Å². The number of morpholine rings is 1. The van der Waals surface area contributed by atoms with Crippen molar-refractivity contribution in [3.05, 3.63) is 35.6 Å². The van der Waals surface area contributed by atoms with E-state index in [0.29, 0.717) is 26.2 Å². The van der Waals surface area contributed by atoms with Gasteiger partial charge in [-0.2, -0.15) is 0 Å². The summed E-state index contributed by atoms with van der Waals surface area (Å²) in [5, 5.41) is 0. The number of rotatable bonds is 4. The minimum atomic E-state index is -0.270. The van der Waals surface area contributed by atoms with Crippen LogP contribution < -0.4 is 0 Å². The van der Waals surface area contributed by atoms with Gasteiger partial charge in [-0.1, -0.05) is 12.1 Å². The number of Topliss-reactive ketones (excluding diaryl/α,β-unsaturated/α-hetero) is 1. The third-order valence-corrected chi connectivity index (χ3v) is 3.20. The number of nitrogens with zero attached hydrogens (tertiary/aromatic N) is 1. The van der Waals surface area contributed by atoms with E-state index in [2.05, 4.69) is 11.8 Å². The van der Waals surface area contributed by atoms with Gasteiger partial charge in [0.25, 0.3) is 0 Å². The molecule has 98 valence electrons. The van der Waals surface area contributed by atoms with Crippen LogP contribution in [-0.4, -0.2) is 43.0 Å². The third kappa shape index (κ3) is 3.62. The molecule has 1 heterocycles. The molecular formula is C14H18FNO2. The molecule has 4 heteroatoms. The summed E-state index contributed by atoms with van der Waals surface area (Å²) in [6.07, 6.45) is 0.365. The maximum absolute atomic E-state index is 12.7. The lowest BCUT2D eigenvalue weighted by atomic mass is 10.1. The van der Waals surface area contributed by atoms with Crippen molar-refractivity contribution < 1.29 is 13.9 Å². The molecular weight excluding hydrogens is 233 g/mol. The number of ether oxygens (including phenoxy) is 1. The van der Waals surface area contributed by atoms with Crippen LogP contribution in [0.2, 0.25) is 0 Å². The molecule has 0 saturated carbocycles. The van der Waals surface area contributed by atoms with Crippen molar-refractivity contribution in [3.8, 4) is 0 Å². The van der Waals surface area contributed by atoms with E-state index in [0.717, 1.165) is 12.1 Å². The van der Waals surface area contributed by atoms with E-state index in [1.165, 1.54) is 12.1 Å². The van der Waals surface area contributed by atoms with Crippen molar-refractivity contribution in [2.24, 2.45) is 0 Å². The van der Waals surface area contributed by atoms with E-state index in [4.69, 9.17) is 4.74 Å². The molecule has 1 fully saturated rings. The highest BCUT2D eigenvalue weighted by atomic mass is 19.1. The Hall–Kier alpha value is -1.26. The third-order valence-electron chi connectivity index (χ3n) is 3.20. The van der Waals surface area contributed by atoms with Gasteiger partial charge in [0, 0.05) is 19.0 Å². The predicted octanol–water partition coefficient (Wildman–Crippen LogP) is 1.66. The van der Waals surface area contributed by atoms with Crippen LogP contribution in [0.1, 0.15) is 12.5 Å². The van der Waals surface area contributed by atoms with Gasteiger partial charge in [0.1, 0.15) is 5.82 Å². The predicted molar refractivity (Wildman–Crippen MR) is 67.0 cm³/mol. The average molecular weight is 251 g/mol. The second-order valence-electron chi connectivity index (χ2n) is 4.74. The number of benzene rings is 1. The first kappa shape index (κ1) is 13.2. The van der Waals surface area contributed by atoms with Gasteiger partial charge < -0.3 is 4.74 Å². The molecule has 0 bridgehead atoms. The molecule has 1 saturated heterocycles. The van der Waals surface area contributed by atoms with Crippen molar-refractivity contribution >= 4 is 5.78 Å². The smallest absolute Gasteiger partial charge is 0.151 e. The molecule has 0 aromatic heterocycles. The zero-order chi connectivity index (χ0) is 13.0. The lowest BCUT2D eigenvalue weighted by molar-refractivity contribution is -0.121. The normalized spacial score (nSPS) is 20.9. The first-order chi connectivity index (χ1) is 8.65. The summed E-state index contributed by atoms with van der Waals surface area (Å²) >= 11 is 0. The van der Waals surface area contributed by atoms with Gasteiger partial charge in [0.05, 0.1) is 19.8 Å². The Balaban J connectivity index is 1.86. The molecule has 1 unspecified atom stereocenters. The van der Waals surface area contributed by atoms with Crippen molar-refractivity contribution in [1.82, 2.24) is 4.90 Å². The summed E-state index contributed by atoms with van der Waals surface area (Å²) < 4.78 is 18.1. The number of carbonyl (C=O) groups excluding carboxylic acids is 1. The fourth-order valence-electron chi connectivity index (χ4n) is 2.11. The highest BCUT2D eigenvalue weighted by molar-refractivity contribution is 5.82. The van der Waals surface area contributed by atoms with Crippen LogP contribution in [0.25, 0.3) is 0 Å². The standard InChI is InChI=1S/C14H18FNO2/c1-11-10-18-7-6-16(11)9-14(17)8-12-2-4-13(15)5-3-12/h2-5,11H,6-10H2,1H3. The summed E-state index contributed by atoms with van der Waals surface area (Å²) in [7, 11) is 0. The Morgan fingerprint density at radius 3 is 2.83 bits per heavy atom. The largest absolute Gasteiger partial charge is 0.379 e. The summed E-state index contributed by atoms with van der Waals surface area (Å²) in [5.41, 5.74) is 0.863. The Morgan fingerprint density at radius 1 is 1.44 bits per heavy atom. The number of hydrogen-bond acceptors (Lipinski definition) is 3. The van der Waals surface area contributed by atoms with Gasteiger partial charge in [-0.15, -0.1) is 0 Å². The van der Waals surface area contributed by atoms with Crippen molar-refractivity contribution in [2.75, 3.05) is 26.3 Å². The molecule has 0 aliphatic carbocycles. The highest BCUT2D eigenvalue weighted by Crippen LogP contribution is 2.08. The summed E-state index contributed by atoms with van der Waals surface area (Å²) in [5.74, 6) is -0.108. The molecule has 1 aliphatic rings. The zero-order valence-corrected chi connectivity index (χ0v) is 10.6. The fourth-order valence-corrected chi connectivity index (χ4v) is 2.11. The van der Waals surface area contributed by atoms with Gasteiger partial charge in [-0.25, -0.2) is 4.39 Å². The Morgan fingerprint density at radius 2 is 2.17 bits per heavy atom. The Kier molecular flexibility index (Phi) is 4.44. The van der Waals surface area contributed by atoms with Crippen molar-refractivity contribution in [2.45, 2.75) is 19.4 Å². The lowest BCUT2D eigenvalue weighted by Gasteiger charge is -2.32. The van der Waals surface area contributed by atoms with E-state index in [9.17, 15) is 9.18 Å². The Labute approximate surface area is 107 Å². The number of halogens is 1. The van der Waals surface area contributed by atoms with E-state index in [-0.39, 0.29) is 17.6 Å². The topological polar surface area (TPSA) is 29.5 Å². The maximum Gasteiger partial charge on any atom is 0.151 e. The van der Waals surface area contributed by atoms with Crippen LogP contribution in [0.3, 0.4) is 0 Å². The molecule has 0 amide bonds. The molecule has 0 spiro atoms. The molecule has 0 radical (unpaired) electrons. The van der Waals surface area contributed by atoms with Gasteiger partial charge in [0.2, 0.25) is 0 Å².